The summed E-state index contributed by atoms with van der Waals surface area (Å²) in [7, 11) is 0. The molecule has 1 saturated heterocycles. The molecule has 25 heavy (non-hydrogen) atoms. The molecule has 0 aromatic heterocycles. The minimum Gasteiger partial charge on any atom is -0.370 e. The van der Waals surface area contributed by atoms with Crippen LogP contribution < -0.4 is 5.73 Å². The maximum atomic E-state index is 12.7. The molecule has 0 bridgehead atoms. The smallest absolute Gasteiger partial charge is 0.243 e. The molecule has 0 aliphatic carbocycles. The molecule has 0 radical (unpaired) electrons. The van der Waals surface area contributed by atoms with E-state index in [-0.39, 0.29) is 29.9 Å². The van der Waals surface area contributed by atoms with E-state index in [4.69, 9.17) is 5.73 Å². The largest absolute Gasteiger partial charge is 0.370 e. The second kappa shape index (κ2) is 10.2. The summed E-state index contributed by atoms with van der Waals surface area (Å²) >= 11 is 1.64. The van der Waals surface area contributed by atoms with Gasteiger partial charge in [-0.25, -0.2) is 0 Å². The molecule has 1 aliphatic rings. The van der Waals surface area contributed by atoms with Gasteiger partial charge in [-0.3, -0.25) is 19.3 Å². The molecule has 3 amide bonds. The van der Waals surface area contributed by atoms with Crippen LogP contribution in [0.2, 0.25) is 0 Å². The first-order valence-electron chi connectivity index (χ1n) is 9.53. The molecule has 0 aromatic rings. The second-order valence-corrected chi connectivity index (χ2v) is 9.09. The SMILES string of the molecule is CCCCCCCC(CC)SC1CC(=O)N(C(C)(C)CC(N)=O)C1=O. The predicted molar refractivity (Wildman–Crippen MR) is 103 cm³/mol. The summed E-state index contributed by atoms with van der Waals surface area (Å²) in [6, 6.07) is 0. The first-order chi connectivity index (χ1) is 11.7. The number of hydrogen-bond acceptors (Lipinski definition) is 4. The van der Waals surface area contributed by atoms with Gasteiger partial charge in [0.05, 0.1) is 10.8 Å². The monoisotopic (exact) mass is 370 g/mol. The molecule has 2 atom stereocenters. The average Bonchev–Trinajstić information content (AvgIpc) is 2.79. The van der Waals surface area contributed by atoms with Crippen molar-refractivity contribution in [3.05, 3.63) is 0 Å². The zero-order valence-corrected chi connectivity index (χ0v) is 17.0. The van der Waals surface area contributed by atoms with Gasteiger partial charge in [0.25, 0.3) is 0 Å². The predicted octanol–water partition coefficient (Wildman–Crippen LogP) is 3.64. The van der Waals surface area contributed by atoms with Crippen LogP contribution >= 0.6 is 11.8 Å². The van der Waals surface area contributed by atoms with E-state index in [1.54, 1.807) is 25.6 Å². The van der Waals surface area contributed by atoms with Gasteiger partial charge in [0.1, 0.15) is 0 Å². The average molecular weight is 371 g/mol. The maximum Gasteiger partial charge on any atom is 0.243 e. The number of hydrogen-bond donors (Lipinski definition) is 1. The van der Waals surface area contributed by atoms with Crippen molar-refractivity contribution in [1.29, 1.82) is 0 Å². The van der Waals surface area contributed by atoms with Crippen molar-refractivity contribution >= 4 is 29.5 Å². The molecule has 5 nitrogen and oxygen atoms in total. The molecule has 1 rings (SSSR count). The molecule has 0 aromatic carbocycles. The van der Waals surface area contributed by atoms with Gasteiger partial charge in [-0.1, -0.05) is 46.0 Å². The summed E-state index contributed by atoms with van der Waals surface area (Å²) in [6.45, 7) is 7.80. The van der Waals surface area contributed by atoms with Crippen LogP contribution in [0.1, 0.15) is 85.5 Å². The highest BCUT2D eigenvalue weighted by molar-refractivity contribution is 8.01. The van der Waals surface area contributed by atoms with Crippen LogP contribution in [-0.2, 0) is 14.4 Å². The standard InChI is InChI=1S/C19H34N2O3S/c1-5-7-8-9-10-11-14(6-2)25-15-12-17(23)21(18(15)24)19(3,4)13-16(20)22/h14-15H,5-13H2,1-4H3,(H2,20,22). The number of nitrogens with two attached hydrogens (primary N) is 1. The highest BCUT2D eigenvalue weighted by Crippen LogP contribution is 2.36. The Labute approximate surface area is 156 Å². The molecule has 1 fully saturated rings. The van der Waals surface area contributed by atoms with E-state index in [1.807, 2.05) is 0 Å². The van der Waals surface area contributed by atoms with Crippen LogP contribution in [0.15, 0.2) is 0 Å². The van der Waals surface area contributed by atoms with Gasteiger partial charge >= 0.3 is 0 Å². The molecule has 0 spiro atoms. The topological polar surface area (TPSA) is 80.5 Å². The lowest BCUT2D eigenvalue weighted by atomic mass is 9.98. The Bertz CT molecular complexity index is 479. The molecular weight excluding hydrogens is 336 g/mol. The van der Waals surface area contributed by atoms with Crippen molar-refractivity contribution in [2.45, 2.75) is 102 Å². The second-order valence-electron chi connectivity index (χ2n) is 7.58. The lowest BCUT2D eigenvalue weighted by molar-refractivity contribution is -0.145. The number of imide groups is 1. The third-order valence-electron chi connectivity index (χ3n) is 4.76. The number of amides is 3. The molecule has 144 valence electrons. The number of rotatable bonds is 12. The Morgan fingerprint density at radius 1 is 1.24 bits per heavy atom. The quantitative estimate of drug-likeness (QED) is 0.420. The van der Waals surface area contributed by atoms with Crippen molar-refractivity contribution in [3.63, 3.8) is 0 Å². The first-order valence-corrected chi connectivity index (χ1v) is 10.5. The van der Waals surface area contributed by atoms with Gasteiger partial charge in [-0.05, 0) is 26.7 Å². The van der Waals surface area contributed by atoms with Crippen LogP contribution in [0.25, 0.3) is 0 Å². The lowest BCUT2D eigenvalue weighted by Gasteiger charge is -2.33. The fraction of sp³-hybridized carbons (Fsp3) is 0.842. The summed E-state index contributed by atoms with van der Waals surface area (Å²) in [5.41, 5.74) is 4.42. The van der Waals surface area contributed by atoms with E-state index in [2.05, 4.69) is 13.8 Å². The molecule has 6 heteroatoms. The van der Waals surface area contributed by atoms with Crippen LogP contribution in [0.4, 0.5) is 0 Å². The third kappa shape index (κ3) is 6.65. The zero-order valence-electron chi connectivity index (χ0n) is 16.2. The highest BCUT2D eigenvalue weighted by Gasteiger charge is 2.47. The van der Waals surface area contributed by atoms with Gasteiger partial charge in [-0.2, -0.15) is 0 Å². The molecule has 0 saturated carbocycles. The van der Waals surface area contributed by atoms with Crippen LogP contribution in [0, 0.1) is 0 Å². The van der Waals surface area contributed by atoms with Crippen molar-refractivity contribution in [2.24, 2.45) is 5.73 Å². The number of carbonyl (C=O) groups excluding carboxylic acids is 3. The molecule has 2 N–H and O–H groups in total. The Hall–Kier alpha value is -1.04. The van der Waals surface area contributed by atoms with Crippen LogP contribution in [0.5, 0.6) is 0 Å². The summed E-state index contributed by atoms with van der Waals surface area (Å²) in [5.74, 6) is -0.850. The van der Waals surface area contributed by atoms with Gasteiger partial charge in [-0.15, -0.1) is 11.8 Å². The van der Waals surface area contributed by atoms with Crippen molar-refractivity contribution in [3.8, 4) is 0 Å². The minimum atomic E-state index is -0.850. The van der Waals surface area contributed by atoms with Gasteiger partial charge < -0.3 is 5.73 Å². The van der Waals surface area contributed by atoms with Gasteiger partial charge in [0.2, 0.25) is 17.7 Å². The number of primary amides is 1. The number of likely N-dealkylation sites (tertiary alicyclic amines) is 1. The molecule has 1 aliphatic heterocycles. The fourth-order valence-electron chi connectivity index (χ4n) is 3.43. The van der Waals surface area contributed by atoms with E-state index in [1.165, 1.54) is 37.0 Å². The zero-order chi connectivity index (χ0) is 19.0. The van der Waals surface area contributed by atoms with E-state index < -0.39 is 11.4 Å². The molecular formula is C19H34N2O3S. The van der Waals surface area contributed by atoms with Crippen LogP contribution in [0.3, 0.4) is 0 Å². The normalized spacial score (nSPS) is 19.5. The van der Waals surface area contributed by atoms with Crippen molar-refractivity contribution < 1.29 is 14.4 Å². The molecule has 2 unspecified atom stereocenters. The Kier molecular flexibility index (Phi) is 8.97. The Morgan fingerprint density at radius 3 is 2.44 bits per heavy atom. The number of unbranched alkanes of at least 4 members (excludes halogenated alkanes) is 4. The van der Waals surface area contributed by atoms with E-state index in [0.29, 0.717) is 5.25 Å². The van der Waals surface area contributed by atoms with E-state index in [0.717, 1.165) is 12.8 Å². The van der Waals surface area contributed by atoms with E-state index in [9.17, 15) is 14.4 Å². The Balaban J connectivity index is 2.60. The summed E-state index contributed by atoms with van der Waals surface area (Å²) in [5, 5.41) is 0.0859. The lowest BCUT2D eigenvalue weighted by Crippen LogP contribution is -2.50. The fourth-order valence-corrected chi connectivity index (χ4v) is 4.85. The minimum absolute atomic E-state index is 0.00347. The number of carbonyl (C=O) groups is 3. The van der Waals surface area contributed by atoms with E-state index >= 15 is 0 Å². The first kappa shape index (κ1) is 22.0. The summed E-state index contributed by atoms with van der Waals surface area (Å²) in [6.07, 6.45) is 8.53. The van der Waals surface area contributed by atoms with Crippen molar-refractivity contribution in [2.75, 3.05) is 0 Å². The number of nitrogens with zero attached hydrogens (tertiary/aromatic N) is 1. The summed E-state index contributed by atoms with van der Waals surface area (Å²) < 4.78 is 0. The van der Waals surface area contributed by atoms with Crippen molar-refractivity contribution in [1.82, 2.24) is 4.90 Å². The van der Waals surface area contributed by atoms with Crippen LogP contribution in [-0.4, -0.2) is 38.7 Å². The maximum absolute atomic E-state index is 12.7. The number of thioether (sulfide) groups is 1. The highest BCUT2D eigenvalue weighted by atomic mass is 32.2. The third-order valence-corrected chi connectivity index (χ3v) is 6.41. The van der Waals surface area contributed by atoms with Gasteiger partial charge in [0, 0.05) is 18.1 Å². The van der Waals surface area contributed by atoms with Gasteiger partial charge in [0.15, 0.2) is 0 Å². The summed E-state index contributed by atoms with van der Waals surface area (Å²) in [4.78, 5) is 37.6. The Morgan fingerprint density at radius 2 is 1.88 bits per heavy atom. The molecule has 1 heterocycles.